The van der Waals surface area contributed by atoms with Crippen molar-refractivity contribution >= 4 is 23.4 Å². The Labute approximate surface area is 136 Å². The highest BCUT2D eigenvalue weighted by Crippen LogP contribution is 2.22. The first-order valence-corrected chi connectivity index (χ1v) is 7.17. The standard InChI is InChI=1S/C17H13FN2O4/c18-12-4-1-10(2-5-12)7-15(21)19-13-6-3-11-8-16(22)20(24)17(23)14(11)9-13/h1-6,9,24H,7-8H2,(H,19,21). The fraction of sp³-hybridized carbons (Fsp3) is 0.118. The van der Waals surface area contributed by atoms with Gasteiger partial charge in [-0.1, -0.05) is 18.2 Å². The van der Waals surface area contributed by atoms with E-state index in [9.17, 15) is 24.0 Å². The minimum atomic E-state index is -0.823. The lowest BCUT2D eigenvalue weighted by atomic mass is 9.99. The van der Waals surface area contributed by atoms with Gasteiger partial charge in [0.15, 0.2) is 0 Å². The van der Waals surface area contributed by atoms with Crippen LogP contribution in [-0.4, -0.2) is 28.0 Å². The molecular formula is C17H13FN2O4. The minimum Gasteiger partial charge on any atom is -0.326 e. The van der Waals surface area contributed by atoms with Gasteiger partial charge in [0.05, 0.1) is 12.8 Å². The Balaban J connectivity index is 1.74. The number of nitrogens with one attached hydrogen (secondary N) is 1. The molecule has 1 heterocycles. The van der Waals surface area contributed by atoms with Crippen molar-refractivity contribution in [1.29, 1.82) is 0 Å². The number of halogens is 1. The first kappa shape index (κ1) is 15.8. The third-order valence-corrected chi connectivity index (χ3v) is 3.67. The molecule has 0 radical (unpaired) electrons. The number of hydrogen-bond acceptors (Lipinski definition) is 4. The van der Waals surface area contributed by atoms with Crippen molar-refractivity contribution in [2.75, 3.05) is 5.32 Å². The molecular weight excluding hydrogens is 315 g/mol. The SMILES string of the molecule is O=C(Cc1ccc(F)cc1)Nc1ccc2c(c1)C(=O)N(O)C(=O)C2. The van der Waals surface area contributed by atoms with Crippen LogP contribution in [0.2, 0.25) is 0 Å². The van der Waals surface area contributed by atoms with Crippen LogP contribution in [0, 0.1) is 5.82 Å². The summed E-state index contributed by atoms with van der Waals surface area (Å²) in [7, 11) is 0. The molecule has 0 atom stereocenters. The van der Waals surface area contributed by atoms with Gasteiger partial charge < -0.3 is 5.32 Å². The maximum Gasteiger partial charge on any atom is 0.284 e. The molecule has 3 rings (SSSR count). The number of benzene rings is 2. The molecule has 0 aromatic heterocycles. The number of anilines is 1. The van der Waals surface area contributed by atoms with Crippen molar-refractivity contribution in [3.63, 3.8) is 0 Å². The summed E-state index contributed by atoms with van der Waals surface area (Å²) in [5.74, 6) is -2.23. The molecule has 2 N–H and O–H groups in total. The van der Waals surface area contributed by atoms with E-state index < -0.39 is 11.8 Å². The van der Waals surface area contributed by atoms with Gasteiger partial charge in [-0.15, -0.1) is 0 Å². The van der Waals surface area contributed by atoms with Gasteiger partial charge in [0, 0.05) is 11.3 Å². The summed E-state index contributed by atoms with van der Waals surface area (Å²) >= 11 is 0. The molecule has 24 heavy (non-hydrogen) atoms. The van der Waals surface area contributed by atoms with E-state index in [1.54, 1.807) is 12.1 Å². The summed E-state index contributed by atoms with van der Waals surface area (Å²) in [6.07, 6.45) is -0.0305. The first-order chi connectivity index (χ1) is 11.4. The van der Waals surface area contributed by atoms with Gasteiger partial charge in [-0.25, -0.2) is 4.39 Å². The Bertz CT molecular complexity index is 833. The number of hydrogen-bond donors (Lipinski definition) is 2. The second kappa shape index (κ2) is 6.21. The molecule has 1 aliphatic heterocycles. The van der Waals surface area contributed by atoms with E-state index in [-0.39, 0.29) is 35.2 Å². The Morgan fingerprint density at radius 2 is 1.88 bits per heavy atom. The molecule has 0 spiro atoms. The van der Waals surface area contributed by atoms with Crippen LogP contribution < -0.4 is 5.32 Å². The van der Waals surface area contributed by atoms with Crippen LogP contribution in [0.15, 0.2) is 42.5 Å². The van der Waals surface area contributed by atoms with E-state index >= 15 is 0 Å². The van der Waals surface area contributed by atoms with Gasteiger partial charge in [-0.05, 0) is 35.4 Å². The van der Waals surface area contributed by atoms with Crippen LogP contribution in [0.5, 0.6) is 0 Å². The van der Waals surface area contributed by atoms with Gasteiger partial charge in [-0.3, -0.25) is 19.6 Å². The zero-order valence-electron chi connectivity index (χ0n) is 12.5. The van der Waals surface area contributed by atoms with Crippen molar-refractivity contribution in [1.82, 2.24) is 5.06 Å². The zero-order valence-corrected chi connectivity index (χ0v) is 12.5. The summed E-state index contributed by atoms with van der Waals surface area (Å²) in [6, 6.07) is 10.1. The fourth-order valence-corrected chi connectivity index (χ4v) is 2.47. The summed E-state index contributed by atoms with van der Waals surface area (Å²) in [4.78, 5) is 35.3. The smallest absolute Gasteiger partial charge is 0.284 e. The normalized spacial score (nSPS) is 13.7. The number of hydroxylamine groups is 2. The lowest BCUT2D eigenvalue weighted by Gasteiger charge is -2.21. The second-order valence-corrected chi connectivity index (χ2v) is 5.41. The van der Waals surface area contributed by atoms with Gasteiger partial charge in [0.25, 0.3) is 11.8 Å². The number of rotatable bonds is 3. The van der Waals surface area contributed by atoms with Crippen LogP contribution in [0.4, 0.5) is 10.1 Å². The van der Waals surface area contributed by atoms with Gasteiger partial charge in [-0.2, -0.15) is 5.06 Å². The Morgan fingerprint density at radius 1 is 1.17 bits per heavy atom. The van der Waals surface area contributed by atoms with Crippen LogP contribution >= 0.6 is 0 Å². The van der Waals surface area contributed by atoms with E-state index in [1.807, 2.05) is 0 Å². The summed E-state index contributed by atoms with van der Waals surface area (Å²) < 4.78 is 12.8. The highest BCUT2D eigenvalue weighted by molar-refractivity contribution is 6.09. The monoisotopic (exact) mass is 328 g/mol. The van der Waals surface area contributed by atoms with Crippen LogP contribution in [-0.2, 0) is 22.4 Å². The van der Waals surface area contributed by atoms with Crippen LogP contribution in [0.1, 0.15) is 21.5 Å². The largest absolute Gasteiger partial charge is 0.326 e. The number of carbonyl (C=O) groups is 3. The third kappa shape index (κ3) is 3.16. The number of fused-ring (bicyclic) bond motifs is 1. The van der Waals surface area contributed by atoms with Gasteiger partial charge in [0.2, 0.25) is 5.91 Å². The molecule has 1 aliphatic rings. The van der Waals surface area contributed by atoms with E-state index in [0.717, 1.165) is 0 Å². The van der Waals surface area contributed by atoms with Gasteiger partial charge >= 0.3 is 0 Å². The lowest BCUT2D eigenvalue weighted by molar-refractivity contribution is -0.154. The molecule has 122 valence electrons. The predicted molar refractivity (Wildman–Crippen MR) is 81.8 cm³/mol. The number of nitrogens with zero attached hydrogens (tertiary/aromatic N) is 1. The van der Waals surface area contributed by atoms with Crippen molar-refractivity contribution in [2.24, 2.45) is 0 Å². The molecule has 0 saturated carbocycles. The summed E-state index contributed by atoms with van der Waals surface area (Å²) in [6.45, 7) is 0. The maximum absolute atomic E-state index is 12.8. The van der Waals surface area contributed by atoms with Crippen LogP contribution in [0.25, 0.3) is 0 Å². The molecule has 2 aromatic carbocycles. The van der Waals surface area contributed by atoms with Crippen LogP contribution in [0.3, 0.4) is 0 Å². The fourth-order valence-electron chi connectivity index (χ4n) is 2.47. The van der Waals surface area contributed by atoms with Crippen molar-refractivity contribution in [3.8, 4) is 0 Å². The Hall–Kier alpha value is -3.06. The van der Waals surface area contributed by atoms with E-state index in [4.69, 9.17) is 0 Å². The average molecular weight is 328 g/mol. The molecule has 0 bridgehead atoms. The molecule has 0 saturated heterocycles. The highest BCUT2D eigenvalue weighted by atomic mass is 19.1. The Morgan fingerprint density at radius 3 is 2.58 bits per heavy atom. The first-order valence-electron chi connectivity index (χ1n) is 7.17. The molecule has 6 nitrogen and oxygen atoms in total. The molecule has 0 unspecified atom stereocenters. The molecule has 7 heteroatoms. The zero-order chi connectivity index (χ0) is 17.3. The topological polar surface area (TPSA) is 86.7 Å². The Kier molecular flexibility index (Phi) is 4.09. The predicted octanol–water partition coefficient (Wildman–Crippen LogP) is 1.92. The summed E-state index contributed by atoms with van der Waals surface area (Å²) in [5.41, 5.74) is 1.68. The van der Waals surface area contributed by atoms with Crippen molar-refractivity contribution in [2.45, 2.75) is 12.8 Å². The minimum absolute atomic E-state index is 0.0515. The second-order valence-electron chi connectivity index (χ2n) is 5.41. The van der Waals surface area contributed by atoms with Gasteiger partial charge in [0.1, 0.15) is 5.82 Å². The third-order valence-electron chi connectivity index (χ3n) is 3.67. The highest BCUT2D eigenvalue weighted by Gasteiger charge is 2.30. The van der Waals surface area contributed by atoms with E-state index in [1.165, 1.54) is 30.3 Å². The lowest BCUT2D eigenvalue weighted by Crippen LogP contribution is -2.39. The molecule has 0 fully saturated rings. The van der Waals surface area contributed by atoms with Crippen molar-refractivity contribution < 1.29 is 24.0 Å². The molecule has 3 amide bonds. The quantitative estimate of drug-likeness (QED) is 0.666. The van der Waals surface area contributed by atoms with E-state index in [0.29, 0.717) is 16.8 Å². The summed E-state index contributed by atoms with van der Waals surface area (Å²) in [5, 5.41) is 12.1. The van der Waals surface area contributed by atoms with Crippen molar-refractivity contribution in [3.05, 3.63) is 65.0 Å². The maximum atomic E-state index is 12.8. The molecule has 2 aromatic rings. The number of imide groups is 1. The van der Waals surface area contributed by atoms with E-state index in [2.05, 4.69) is 5.32 Å². The number of carbonyl (C=O) groups excluding carboxylic acids is 3. The average Bonchev–Trinajstić information content (AvgIpc) is 2.55. The molecule has 0 aliphatic carbocycles. The number of amides is 3.